The van der Waals surface area contributed by atoms with Crippen molar-refractivity contribution in [3.8, 4) is 5.75 Å². The Balaban J connectivity index is 1.66. The van der Waals surface area contributed by atoms with Gasteiger partial charge in [0.05, 0.1) is 29.3 Å². The summed E-state index contributed by atoms with van der Waals surface area (Å²) in [5, 5.41) is 4.22. The minimum Gasteiger partial charge on any atom is -0.497 e. The quantitative estimate of drug-likeness (QED) is 0.478. The second-order valence-corrected chi connectivity index (χ2v) is 6.88. The second-order valence-electron chi connectivity index (χ2n) is 6.06. The summed E-state index contributed by atoms with van der Waals surface area (Å²) in [5.41, 5.74) is 3.03. The van der Waals surface area contributed by atoms with Gasteiger partial charge in [-0.25, -0.2) is 0 Å². The Morgan fingerprint density at radius 3 is 2.29 bits per heavy atom. The van der Waals surface area contributed by atoms with Crippen molar-refractivity contribution in [1.29, 1.82) is 0 Å². The molecule has 0 aliphatic heterocycles. The fourth-order valence-corrected chi connectivity index (χ4v) is 3.13. The zero-order chi connectivity index (χ0) is 19.9. The maximum absolute atomic E-state index is 12.3. The molecule has 3 aromatic carbocycles. The van der Waals surface area contributed by atoms with E-state index in [-0.39, 0.29) is 19.0 Å². The minimum atomic E-state index is -0.324. The van der Waals surface area contributed by atoms with E-state index >= 15 is 0 Å². The maximum atomic E-state index is 12.3. The van der Waals surface area contributed by atoms with Crippen molar-refractivity contribution < 1.29 is 14.3 Å². The summed E-state index contributed by atoms with van der Waals surface area (Å²) in [6.07, 6.45) is 0.126. The molecule has 1 N–H and O–H groups in total. The van der Waals surface area contributed by atoms with Crippen molar-refractivity contribution >= 4 is 40.5 Å². The Labute approximate surface area is 174 Å². The predicted octanol–water partition coefficient (Wildman–Crippen LogP) is 6.03. The van der Waals surface area contributed by atoms with Gasteiger partial charge in [-0.05, 0) is 41.5 Å². The normalized spacial score (nSPS) is 10.4. The average Bonchev–Trinajstić information content (AvgIpc) is 2.71. The standard InChI is InChI=1S/C22H19Cl2NO3/c1-27-17-11-9-15(10-12-17)14-28-21(26)13-16-5-2-3-8-20(16)25-22-18(23)6-4-7-19(22)24/h2-12,25H,13-14H2,1H3. The predicted molar refractivity (Wildman–Crippen MR) is 113 cm³/mol. The molecule has 0 bridgehead atoms. The van der Waals surface area contributed by atoms with Crippen molar-refractivity contribution in [3.63, 3.8) is 0 Å². The highest BCUT2D eigenvalue weighted by molar-refractivity contribution is 6.39. The van der Waals surface area contributed by atoms with E-state index in [2.05, 4.69) is 5.32 Å². The van der Waals surface area contributed by atoms with Gasteiger partial charge in [-0.15, -0.1) is 0 Å². The molecule has 0 unspecified atom stereocenters. The summed E-state index contributed by atoms with van der Waals surface area (Å²) in [6.45, 7) is 0.203. The highest BCUT2D eigenvalue weighted by Gasteiger charge is 2.12. The molecular weight excluding hydrogens is 397 g/mol. The van der Waals surface area contributed by atoms with E-state index in [1.807, 2.05) is 48.5 Å². The lowest BCUT2D eigenvalue weighted by Crippen LogP contribution is -2.09. The van der Waals surface area contributed by atoms with Crippen molar-refractivity contribution in [2.45, 2.75) is 13.0 Å². The van der Waals surface area contributed by atoms with Crippen LogP contribution in [0, 0.1) is 0 Å². The molecule has 0 fully saturated rings. The van der Waals surface area contributed by atoms with E-state index in [4.69, 9.17) is 32.7 Å². The molecule has 0 radical (unpaired) electrons. The van der Waals surface area contributed by atoms with Crippen molar-refractivity contribution in [3.05, 3.63) is 87.9 Å². The van der Waals surface area contributed by atoms with Gasteiger partial charge in [-0.2, -0.15) is 0 Å². The zero-order valence-corrected chi connectivity index (χ0v) is 16.8. The van der Waals surface area contributed by atoms with Gasteiger partial charge in [-0.3, -0.25) is 4.79 Å². The molecule has 0 aliphatic carbocycles. The first-order chi connectivity index (χ1) is 13.6. The van der Waals surface area contributed by atoms with Crippen LogP contribution < -0.4 is 10.1 Å². The van der Waals surface area contributed by atoms with Gasteiger partial charge < -0.3 is 14.8 Å². The minimum absolute atomic E-state index is 0.126. The van der Waals surface area contributed by atoms with E-state index in [0.717, 1.165) is 22.6 Å². The third-order valence-corrected chi connectivity index (χ3v) is 4.76. The monoisotopic (exact) mass is 415 g/mol. The lowest BCUT2D eigenvalue weighted by molar-refractivity contribution is -0.144. The summed E-state index contributed by atoms with van der Waals surface area (Å²) >= 11 is 12.5. The summed E-state index contributed by atoms with van der Waals surface area (Å²) in [5.74, 6) is 0.434. The Bertz CT molecular complexity index is 938. The molecule has 0 saturated carbocycles. The van der Waals surface area contributed by atoms with Gasteiger partial charge in [0.1, 0.15) is 12.4 Å². The summed E-state index contributed by atoms with van der Waals surface area (Å²) in [6, 6.07) is 20.1. The molecule has 3 rings (SSSR count). The molecule has 4 nitrogen and oxygen atoms in total. The Kier molecular flexibility index (Phi) is 6.80. The number of ether oxygens (including phenoxy) is 2. The zero-order valence-electron chi connectivity index (χ0n) is 15.2. The van der Waals surface area contributed by atoms with Gasteiger partial charge in [0.15, 0.2) is 0 Å². The topological polar surface area (TPSA) is 47.6 Å². The molecular formula is C22H19Cl2NO3. The number of esters is 1. The SMILES string of the molecule is COc1ccc(COC(=O)Cc2ccccc2Nc2c(Cl)cccc2Cl)cc1. The van der Waals surface area contributed by atoms with Crippen LogP contribution in [0.5, 0.6) is 5.75 Å². The number of anilines is 2. The van der Waals surface area contributed by atoms with E-state index in [1.165, 1.54) is 0 Å². The van der Waals surface area contributed by atoms with Crippen LogP contribution in [-0.2, 0) is 22.6 Å². The van der Waals surface area contributed by atoms with Crippen LogP contribution >= 0.6 is 23.2 Å². The van der Waals surface area contributed by atoms with Crippen molar-refractivity contribution in [2.75, 3.05) is 12.4 Å². The molecule has 0 saturated heterocycles. The number of methoxy groups -OCH3 is 1. The van der Waals surface area contributed by atoms with Gasteiger partial charge >= 0.3 is 5.97 Å². The molecule has 144 valence electrons. The van der Waals surface area contributed by atoms with E-state index in [9.17, 15) is 4.79 Å². The lowest BCUT2D eigenvalue weighted by atomic mass is 10.1. The fraction of sp³-hybridized carbons (Fsp3) is 0.136. The fourth-order valence-electron chi connectivity index (χ4n) is 2.64. The van der Waals surface area contributed by atoms with Gasteiger partial charge in [-0.1, -0.05) is 59.6 Å². The van der Waals surface area contributed by atoms with Gasteiger partial charge in [0.25, 0.3) is 0 Å². The Morgan fingerprint density at radius 2 is 1.61 bits per heavy atom. The van der Waals surface area contributed by atoms with Crippen LogP contribution in [-0.4, -0.2) is 13.1 Å². The molecule has 0 atom stereocenters. The van der Waals surface area contributed by atoms with Crippen LogP contribution in [0.15, 0.2) is 66.7 Å². The summed E-state index contributed by atoms with van der Waals surface area (Å²) < 4.78 is 10.5. The van der Waals surface area contributed by atoms with Crippen LogP contribution in [0.25, 0.3) is 0 Å². The number of halogens is 2. The van der Waals surface area contributed by atoms with Gasteiger partial charge in [0.2, 0.25) is 0 Å². The van der Waals surface area contributed by atoms with Crippen LogP contribution in [0.4, 0.5) is 11.4 Å². The number of hydrogen-bond donors (Lipinski definition) is 1. The average molecular weight is 416 g/mol. The third kappa shape index (κ3) is 5.18. The summed E-state index contributed by atoms with van der Waals surface area (Å²) in [4.78, 5) is 12.3. The Hall–Kier alpha value is -2.69. The van der Waals surface area contributed by atoms with Crippen LogP contribution in [0.2, 0.25) is 10.0 Å². The molecule has 0 heterocycles. The van der Waals surface area contributed by atoms with Crippen molar-refractivity contribution in [1.82, 2.24) is 0 Å². The number of nitrogens with one attached hydrogen (secondary N) is 1. The van der Waals surface area contributed by atoms with Crippen LogP contribution in [0.3, 0.4) is 0 Å². The number of carbonyl (C=O) groups is 1. The molecule has 0 aromatic heterocycles. The summed E-state index contributed by atoms with van der Waals surface area (Å²) in [7, 11) is 1.61. The smallest absolute Gasteiger partial charge is 0.310 e. The van der Waals surface area contributed by atoms with Crippen molar-refractivity contribution in [2.24, 2.45) is 0 Å². The first-order valence-electron chi connectivity index (χ1n) is 8.64. The maximum Gasteiger partial charge on any atom is 0.310 e. The first-order valence-corrected chi connectivity index (χ1v) is 9.40. The van der Waals surface area contributed by atoms with E-state index in [1.54, 1.807) is 25.3 Å². The van der Waals surface area contributed by atoms with Crippen LogP contribution in [0.1, 0.15) is 11.1 Å². The second kappa shape index (κ2) is 9.49. The molecule has 6 heteroatoms. The number of hydrogen-bond acceptors (Lipinski definition) is 4. The van der Waals surface area contributed by atoms with E-state index in [0.29, 0.717) is 15.7 Å². The molecule has 0 amide bonds. The molecule has 3 aromatic rings. The number of rotatable bonds is 7. The number of benzene rings is 3. The van der Waals surface area contributed by atoms with Gasteiger partial charge in [0, 0.05) is 5.69 Å². The number of carbonyl (C=O) groups excluding carboxylic acids is 1. The largest absolute Gasteiger partial charge is 0.497 e. The molecule has 0 aliphatic rings. The molecule has 0 spiro atoms. The lowest BCUT2D eigenvalue weighted by Gasteiger charge is -2.14. The third-order valence-electron chi connectivity index (χ3n) is 4.13. The Morgan fingerprint density at radius 1 is 0.929 bits per heavy atom. The molecule has 28 heavy (non-hydrogen) atoms. The highest BCUT2D eigenvalue weighted by Crippen LogP contribution is 2.33. The van der Waals surface area contributed by atoms with E-state index < -0.39 is 0 Å². The highest BCUT2D eigenvalue weighted by atomic mass is 35.5. The number of para-hydroxylation sites is 2. The first kappa shape index (κ1) is 20.1.